The molecule has 1 saturated carbocycles. The zero-order valence-electron chi connectivity index (χ0n) is 12.2. The van der Waals surface area contributed by atoms with Crippen LogP contribution in [0.1, 0.15) is 56.3 Å². The Balaban J connectivity index is 1.75. The molecule has 1 atom stereocenters. The Morgan fingerprint density at radius 2 is 2.00 bits per heavy atom. The van der Waals surface area contributed by atoms with Crippen LogP contribution < -0.4 is 5.73 Å². The molecule has 1 aliphatic heterocycles. The van der Waals surface area contributed by atoms with Gasteiger partial charge in [0.2, 0.25) is 11.7 Å². The topological polar surface area (TPSA) is 77.4 Å². The van der Waals surface area contributed by atoms with Gasteiger partial charge < -0.3 is 19.9 Å². The lowest BCUT2D eigenvalue weighted by Crippen LogP contribution is -2.37. The number of hydrogen-bond donors (Lipinski definition) is 1. The average molecular weight is 280 g/mol. The van der Waals surface area contributed by atoms with Gasteiger partial charge >= 0.3 is 0 Å². The van der Waals surface area contributed by atoms with Crippen LogP contribution in [0.4, 0.5) is 0 Å². The lowest BCUT2D eigenvalue weighted by atomic mass is 9.91. The van der Waals surface area contributed by atoms with Crippen molar-refractivity contribution in [2.45, 2.75) is 50.2 Å². The van der Waals surface area contributed by atoms with E-state index in [4.69, 9.17) is 15.0 Å². The summed E-state index contributed by atoms with van der Waals surface area (Å²) in [6.07, 6.45) is 6.53. The number of morpholine rings is 1. The smallest absolute Gasteiger partial charge is 0.246 e. The van der Waals surface area contributed by atoms with Gasteiger partial charge in [-0.05, 0) is 19.9 Å². The van der Waals surface area contributed by atoms with Gasteiger partial charge in [-0.3, -0.25) is 0 Å². The van der Waals surface area contributed by atoms with Crippen molar-refractivity contribution in [3.8, 4) is 0 Å². The number of nitrogens with zero attached hydrogens (tertiary/aromatic N) is 3. The fourth-order valence-corrected chi connectivity index (χ4v) is 3.08. The van der Waals surface area contributed by atoms with Crippen LogP contribution in [0.25, 0.3) is 0 Å². The third kappa shape index (κ3) is 2.87. The summed E-state index contributed by atoms with van der Waals surface area (Å²) in [6.45, 7) is 2.46. The molecule has 0 amide bonds. The predicted octanol–water partition coefficient (Wildman–Crippen LogP) is 1.58. The summed E-state index contributed by atoms with van der Waals surface area (Å²) in [5.41, 5.74) is 6.06. The minimum absolute atomic E-state index is 0.0966. The highest BCUT2D eigenvalue weighted by Gasteiger charge is 2.35. The Hall–Kier alpha value is -0.980. The van der Waals surface area contributed by atoms with Crippen molar-refractivity contribution in [1.29, 1.82) is 0 Å². The van der Waals surface area contributed by atoms with E-state index in [0.717, 1.165) is 38.8 Å². The van der Waals surface area contributed by atoms with Gasteiger partial charge in [-0.15, -0.1) is 0 Å². The molecule has 6 nitrogen and oxygen atoms in total. The predicted molar refractivity (Wildman–Crippen MR) is 74.1 cm³/mol. The number of hydrogen-bond acceptors (Lipinski definition) is 6. The van der Waals surface area contributed by atoms with Crippen LogP contribution in [-0.2, 0) is 10.3 Å². The van der Waals surface area contributed by atoms with Crippen molar-refractivity contribution in [2.75, 3.05) is 26.7 Å². The van der Waals surface area contributed by atoms with E-state index in [1.54, 1.807) is 0 Å². The van der Waals surface area contributed by atoms with Crippen LogP contribution in [0, 0.1) is 0 Å². The maximum Gasteiger partial charge on any atom is 0.246 e. The van der Waals surface area contributed by atoms with Gasteiger partial charge in [0.15, 0.2) is 0 Å². The second kappa shape index (κ2) is 5.79. The molecule has 2 aliphatic rings. The molecule has 1 aromatic heterocycles. The number of ether oxygens (including phenoxy) is 1. The van der Waals surface area contributed by atoms with Gasteiger partial charge in [0.1, 0.15) is 6.10 Å². The lowest BCUT2D eigenvalue weighted by molar-refractivity contribution is -0.0264. The van der Waals surface area contributed by atoms with Crippen LogP contribution in [0.3, 0.4) is 0 Å². The van der Waals surface area contributed by atoms with E-state index in [2.05, 4.69) is 22.1 Å². The van der Waals surface area contributed by atoms with Crippen molar-refractivity contribution in [1.82, 2.24) is 15.0 Å². The zero-order chi connectivity index (χ0) is 14.0. The lowest BCUT2D eigenvalue weighted by Gasteiger charge is -2.28. The summed E-state index contributed by atoms with van der Waals surface area (Å²) < 4.78 is 11.2. The first-order chi connectivity index (χ1) is 9.67. The van der Waals surface area contributed by atoms with Crippen LogP contribution in [0.5, 0.6) is 0 Å². The molecule has 0 radical (unpaired) electrons. The van der Waals surface area contributed by atoms with Crippen molar-refractivity contribution in [2.24, 2.45) is 5.73 Å². The van der Waals surface area contributed by atoms with Crippen molar-refractivity contribution in [3.05, 3.63) is 11.7 Å². The maximum absolute atomic E-state index is 6.50. The summed E-state index contributed by atoms with van der Waals surface area (Å²) in [7, 11) is 2.08. The summed E-state index contributed by atoms with van der Waals surface area (Å²) in [5.74, 6) is 1.23. The molecule has 0 aromatic carbocycles. The minimum atomic E-state index is -0.442. The van der Waals surface area contributed by atoms with Gasteiger partial charge in [-0.25, -0.2) is 0 Å². The zero-order valence-corrected chi connectivity index (χ0v) is 12.2. The highest BCUT2D eigenvalue weighted by Crippen LogP contribution is 2.33. The van der Waals surface area contributed by atoms with Gasteiger partial charge in [0, 0.05) is 13.1 Å². The molecule has 1 aromatic rings. The highest BCUT2D eigenvalue weighted by atomic mass is 16.5. The fourth-order valence-electron chi connectivity index (χ4n) is 3.08. The molecule has 2 fully saturated rings. The average Bonchev–Trinajstić information content (AvgIpc) is 2.84. The van der Waals surface area contributed by atoms with E-state index < -0.39 is 5.54 Å². The fraction of sp³-hybridized carbons (Fsp3) is 0.857. The van der Waals surface area contributed by atoms with E-state index in [1.165, 1.54) is 12.8 Å². The number of aromatic nitrogens is 2. The normalized spacial score (nSPS) is 28.2. The molecule has 1 unspecified atom stereocenters. The van der Waals surface area contributed by atoms with Crippen LogP contribution in [-0.4, -0.2) is 41.8 Å². The molecule has 0 spiro atoms. The van der Waals surface area contributed by atoms with E-state index in [9.17, 15) is 0 Å². The third-order valence-corrected chi connectivity index (χ3v) is 4.42. The van der Waals surface area contributed by atoms with Crippen LogP contribution >= 0.6 is 0 Å². The molecule has 1 saturated heterocycles. The van der Waals surface area contributed by atoms with E-state index in [0.29, 0.717) is 18.3 Å². The molecule has 1 aliphatic carbocycles. The third-order valence-electron chi connectivity index (χ3n) is 4.42. The first-order valence-corrected chi connectivity index (χ1v) is 7.60. The van der Waals surface area contributed by atoms with E-state index in [1.807, 2.05) is 0 Å². The number of rotatable bonds is 2. The second-order valence-corrected chi connectivity index (χ2v) is 6.15. The molecule has 2 heterocycles. The molecular weight excluding hydrogens is 256 g/mol. The summed E-state index contributed by atoms with van der Waals surface area (Å²) >= 11 is 0. The Kier molecular flexibility index (Phi) is 4.05. The maximum atomic E-state index is 6.50. The van der Waals surface area contributed by atoms with Gasteiger partial charge in [0.05, 0.1) is 12.1 Å². The van der Waals surface area contributed by atoms with Crippen LogP contribution in [0.15, 0.2) is 4.52 Å². The Morgan fingerprint density at radius 3 is 2.70 bits per heavy atom. The molecule has 20 heavy (non-hydrogen) atoms. The monoisotopic (exact) mass is 280 g/mol. The molecule has 6 heteroatoms. The SMILES string of the molecule is CN1CCOC(c2noc(C3(N)CCCCCC3)n2)C1. The first kappa shape index (κ1) is 14.0. The molecular formula is C14H24N4O2. The van der Waals surface area contributed by atoms with E-state index >= 15 is 0 Å². The summed E-state index contributed by atoms with van der Waals surface area (Å²) in [4.78, 5) is 6.77. The van der Waals surface area contributed by atoms with E-state index in [-0.39, 0.29) is 6.10 Å². The number of nitrogens with two attached hydrogens (primary N) is 1. The first-order valence-electron chi connectivity index (χ1n) is 7.60. The molecule has 0 bridgehead atoms. The van der Waals surface area contributed by atoms with Crippen molar-refractivity contribution >= 4 is 0 Å². The number of likely N-dealkylation sites (N-methyl/N-ethyl adjacent to an activating group) is 1. The van der Waals surface area contributed by atoms with Crippen molar-refractivity contribution < 1.29 is 9.26 Å². The Labute approximate surface area is 119 Å². The largest absolute Gasteiger partial charge is 0.367 e. The quantitative estimate of drug-likeness (QED) is 0.829. The van der Waals surface area contributed by atoms with Crippen molar-refractivity contribution in [3.63, 3.8) is 0 Å². The van der Waals surface area contributed by atoms with Crippen LogP contribution in [0.2, 0.25) is 0 Å². The second-order valence-electron chi connectivity index (χ2n) is 6.15. The Morgan fingerprint density at radius 1 is 1.25 bits per heavy atom. The molecule has 3 rings (SSSR count). The molecule has 2 N–H and O–H groups in total. The molecule has 112 valence electrons. The minimum Gasteiger partial charge on any atom is -0.367 e. The Bertz CT molecular complexity index is 440. The van der Waals surface area contributed by atoms with Gasteiger partial charge in [-0.2, -0.15) is 4.98 Å². The van der Waals surface area contributed by atoms with Gasteiger partial charge in [0.25, 0.3) is 0 Å². The standard InChI is InChI=1S/C14H24N4O2/c1-18-8-9-19-11(10-18)12-16-13(20-17-12)14(15)6-4-2-3-5-7-14/h11H,2-10,15H2,1H3. The van der Waals surface area contributed by atoms with Gasteiger partial charge in [-0.1, -0.05) is 30.8 Å². The summed E-state index contributed by atoms with van der Waals surface area (Å²) in [6, 6.07) is 0. The summed E-state index contributed by atoms with van der Waals surface area (Å²) in [5, 5.41) is 4.11. The highest BCUT2D eigenvalue weighted by molar-refractivity contribution is 5.05.